The Labute approximate surface area is 102 Å². The second-order valence-electron chi connectivity index (χ2n) is 3.65. The molecule has 0 N–H and O–H groups in total. The van der Waals surface area contributed by atoms with E-state index in [1.54, 1.807) is 25.1 Å². The molecule has 0 nitrogen and oxygen atoms in total. The molecule has 0 bridgehead atoms. The maximum atomic E-state index is 13.6. The van der Waals surface area contributed by atoms with Crippen molar-refractivity contribution in [3.8, 4) is 11.1 Å². The van der Waals surface area contributed by atoms with E-state index in [9.17, 15) is 13.2 Å². The van der Waals surface area contributed by atoms with E-state index in [4.69, 9.17) is 11.6 Å². The summed E-state index contributed by atoms with van der Waals surface area (Å²) < 4.78 is 39.6. The Hall–Kier alpha value is -1.48. The smallest absolute Gasteiger partial charge is 0.195 e. The molecule has 0 atom stereocenters. The number of hydrogen-bond acceptors (Lipinski definition) is 0. The highest BCUT2D eigenvalue weighted by Gasteiger charge is 2.17. The predicted molar refractivity (Wildman–Crippen MR) is 61.5 cm³/mol. The minimum absolute atomic E-state index is 0.0352. The molecule has 0 aromatic heterocycles. The molecule has 0 heterocycles. The number of benzene rings is 2. The normalized spacial score (nSPS) is 10.6. The first-order valence-corrected chi connectivity index (χ1v) is 5.29. The second kappa shape index (κ2) is 4.41. The van der Waals surface area contributed by atoms with Gasteiger partial charge in [-0.2, -0.15) is 0 Å². The molecule has 0 aliphatic carbocycles. The van der Waals surface area contributed by atoms with Crippen LogP contribution in [-0.4, -0.2) is 0 Å². The van der Waals surface area contributed by atoms with Crippen LogP contribution in [0.25, 0.3) is 11.1 Å². The number of aryl methyl sites for hydroxylation is 1. The fourth-order valence-electron chi connectivity index (χ4n) is 1.69. The van der Waals surface area contributed by atoms with E-state index < -0.39 is 17.5 Å². The first-order valence-electron chi connectivity index (χ1n) is 4.91. The molecule has 0 aliphatic heterocycles. The molecule has 0 spiro atoms. The first kappa shape index (κ1) is 12.0. The molecule has 2 aromatic carbocycles. The van der Waals surface area contributed by atoms with Crippen molar-refractivity contribution in [2.24, 2.45) is 0 Å². The Kier molecular flexibility index (Phi) is 3.11. The van der Waals surface area contributed by atoms with Crippen LogP contribution in [0.3, 0.4) is 0 Å². The minimum Gasteiger partial charge on any atom is -0.204 e. The zero-order chi connectivity index (χ0) is 12.6. The van der Waals surface area contributed by atoms with Crippen molar-refractivity contribution in [3.05, 3.63) is 58.4 Å². The first-order chi connectivity index (χ1) is 8.02. The van der Waals surface area contributed by atoms with Crippen LogP contribution in [0.5, 0.6) is 0 Å². The van der Waals surface area contributed by atoms with E-state index in [2.05, 4.69) is 0 Å². The third-order valence-corrected chi connectivity index (χ3v) is 2.84. The molecule has 0 aliphatic rings. The monoisotopic (exact) mass is 256 g/mol. The van der Waals surface area contributed by atoms with E-state index in [-0.39, 0.29) is 5.56 Å². The Bertz CT molecular complexity index is 559. The molecule has 2 rings (SSSR count). The van der Waals surface area contributed by atoms with Gasteiger partial charge in [-0.25, -0.2) is 13.2 Å². The van der Waals surface area contributed by atoms with Gasteiger partial charge >= 0.3 is 0 Å². The highest BCUT2D eigenvalue weighted by molar-refractivity contribution is 6.33. The lowest BCUT2D eigenvalue weighted by Crippen LogP contribution is -1.95. The molecular weight excluding hydrogens is 249 g/mol. The standard InChI is InChI=1S/C13H8ClF3/c1-7-3-2-4-9(14)11(7)8-5-6-10(15)13(17)12(8)16/h2-6H,1H3. The van der Waals surface area contributed by atoms with Gasteiger partial charge in [0, 0.05) is 16.1 Å². The van der Waals surface area contributed by atoms with E-state index in [1.807, 2.05) is 0 Å². The van der Waals surface area contributed by atoms with Gasteiger partial charge in [-0.05, 0) is 30.7 Å². The molecule has 0 saturated carbocycles. The van der Waals surface area contributed by atoms with Crippen LogP contribution in [-0.2, 0) is 0 Å². The van der Waals surface area contributed by atoms with Crippen LogP contribution < -0.4 is 0 Å². The van der Waals surface area contributed by atoms with Crippen molar-refractivity contribution in [1.29, 1.82) is 0 Å². The molecule has 4 heteroatoms. The van der Waals surface area contributed by atoms with Gasteiger partial charge in [0.1, 0.15) is 0 Å². The lowest BCUT2D eigenvalue weighted by atomic mass is 10.00. The molecular formula is C13H8ClF3. The summed E-state index contributed by atoms with van der Waals surface area (Å²) in [5, 5.41) is 0.301. The van der Waals surface area contributed by atoms with Gasteiger partial charge < -0.3 is 0 Å². The van der Waals surface area contributed by atoms with Gasteiger partial charge in [0.05, 0.1) is 0 Å². The Morgan fingerprint density at radius 3 is 2.29 bits per heavy atom. The molecule has 0 unspecified atom stereocenters. The summed E-state index contributed by atoms with van der Waals surface area (Å²) in [6, 6.07) is 7.07. The SMILES string of the molecule is Cc1cccc(Cl)c1-c1ccc(F)c(F)c1F. The van der Waals surface area contributed by atoms with E-state index >= 15 is 0 Å². The largest absolute Gasteiger partial charge is 0.204 e. The summed E-state index contributed by atoms with van der Waals surface area (Å²) in [6.45, 7) is 1.72. The molecule has 88 valence electrons. The Morgan fingerprint density at radius 1 is 0.941 bits per heavy atom. The van der Waals surface area contributed by atoms with Gasteiger partial charge in [0.15, 0.2) is 17.5 Å². The van der Waals surface area contributed by atoms with Crippen molar-refractivity contribution in [1.82, 2.24) is 0 Å². The summed E-state index contributed by atoms with van der Waals surface area (Å²) in [5.41, 5.74) is 1.04. The Morgan fingerprint density at radius 2 is 1.65 bits per heavy atom. The van der Waals surface area contributed by atoms with Gasteiger partial charge in [-0.1, -0.05) is 23.7 Å². The number of rotatable bonds is 1. The lowest BCUT2D eigenvalue weighted by molar-refractivity contribution is 0.449. The van der Waals surface area contributed by atoms with Crippen LogP contribution >= 0.6 is 11.6 Å². The number of hydrogen-bond donors (Lipinski definition) is 0. The van der Waals surface area contributed by atoms with Crippen LogP contribution in [0.2, 0.25) is 5.02 Å². The maximum Gasteiger partial charge on any atom is 0.195 e. The maximum absolute atomic E-state index is 13.6. The predicted octanol–water partition coefficient (Wildman–Crippen LogP) is 4.73. The molecule has 0 fully saturated rings. The highest BCUT2D eigenvalue weighted by Crippen LogP contribution is 2.33. The van der Waals surface area contributed by atoms with Gasteiger partial charge in [0.25, 0.3) is 0 Å². The molecule has 17 heavy (non-hydrogen) atoms. The summed E-state index contributed by atoms with van der Waals surface area (Å²) in [7, 11) is 0. The summed E-state index contributed by atoms with van der Waals surface area (Å²) in [4.78, 5) is 0. The van der Waals surface area contributed by atoms with Crippen molar-refractivity contribution >= 4 is 11.6 Å². The van der Waals surface area contributed by atoms with E-state index in [1.165, 1.54) is 6.07 Å². The van der Waals surface area contributed by atoms with Gasteiger partial charge in [0.2, 0.25) is 0 Å². The van der Waals surface area contributed by atoms with Crippen molar-refractivity contribution < 1.29 is 13.2 Å². The van der Waals surface area contributed by atoms with Gasteiger partial charge in [-0.15, -0.1) is 0 Å². The van der Waals surface area contributed by atoms with Gasteiger partial charge in [-0.3, -0.25) is 0 Å². The van der Waals surface area contributed by atoms with E-state index in [0.717, 1.165) is 6.07 Å². The van der Waals surface area contributed by atoms with Crippen molar-refractivity contribution in [2.45, 2.75) is 6.92 Å². The average molecular weight is 257 g/mol. The van der Waals surface area contributed by atoms with Crippen molar-refractivity contribution in [3.63, 3.8) is 0 Å². The van der Waals surface area contributed by atoms with Crippen molar-refractivity contribution in [2.75, 3.05) is 0 Å². The average Bonchev–Trinajstić information content (AvgIpc) is 2.29. The summed E-state index contributed by atoms with van der Waals surface area (Å²) >= 11 is 5.95. The zero-order valence-corrected chi connectivity index (χ0v) is 9.65. The van der Waals surface area contributed by atoms with Crippen LogP contribution in [0.15, 0.2) is 30.3 Å². The highest BCUT2D eigenvalue weighted by atomic mass is 35.5. The lowest BCUT2D eigenvalue weighted by Gasteiger charge is -2.10. The summed E-state index contributed by atoms with van der Waals surface area (Å²) in [5.74, 6) is -3.92. The zero-order valence-electron chi connectivity index (χ0n) is 8.90. The Balaban J connectivity index is 2.74. The molecule has 0 radical (unpaired) electrons. The third kappa shape index (κ3) is 2.03. The van der Waals surface area contributed by atoms with E-state index in [0.29, 0.717) is 16.1 Å². The van der Waals surface area contributed by atoms with Crippen LogP contribution in [0, 0.1) is 24.4 Å². The fourth-order valence-corrected chi connectivity index (χ4v) is 2.02. The second-order valence-corrected chi connectivity index (χ2v) is 4.06. The molecule has 2 aromatic rings. The quantitative estimate of drug-likeness (QED) is 0.647. The molecule has 0 amide bonds. The molecule has 0 saturated heterocycles. The minimum atomic E-state index is -1.48. The van der Waals surface area contributed by atoms with Crippen LogP contribution in [0.1, 0.15) is 5.56 Å². The third-order valence-electron chi connectivity index (χ3n) is 2.53. The van der Waals surface area contributed by atoms with Crippen LogP contribution in [0.4, 0.5) is 13.2 Å². The fraction of sp³-hybridized carbons (Fsp3) is 0.0769. The summed E-state index contributed by atoms with van der Waals surface area (Å²) in [6.07, 6.45) is 0. The topological polar surface area (TPSA) is 0 Å². The number of halogens is 4.